The van der Waals surface area contributed by atoms with Gasteiger partial charge in [0.05, 0.1) is 5.56 Å². The third-order valence-corrected chi connectivity index (χ3v) is 6.30. The average Bonchev–Trinajstić information content (AvgIpc) is 2.74. The summed E-state index contributed by atoms with van der Waals surface area (Å²) >= 11 is 0. The highest BCUT2D eigenvalue weighted by Crippen LogP contribution is 2.37. The van der Waals surface area contributed by atoms with Crippen molar-refractivity contribution in [3.8, 4) is 0 Å². The summed E-state index contributed by atoms with van der Waals surface area (Å²) in [5.74, 6) is 1.47. The summed E-state index contributed by atoms with van der Waals surface area (Å²) < 4.78 is 38.5. The van der Waals surface area contributed by atoms with Gasteiger partial charge in [-0.1, -0.05) is 12.1 Å². The number of rotatable bonds is 4. The Morgan fingerprint density at radius 3 is 2.52 bits per heavy atom. The summed E-state index contributed by atoms with van der Waals surface area (Å²) in [4.78, 5) is 6.88. The van der Waals surface area contributed by atoms with Crippen LogP contribution in [0, 0.1) is 5.92 Å². The van der Waals surface area contributed by atoms with Crippen molar-refractivity contribution in [1.29, 1.82) is 0 Å². The molecule has 0 amide bonds. The third-order valence-electron chi connectivity index (χ3n) is 6.30. The molecule has 0 spiro atoms. The van der Waals surface area contributed by atoms with Gasteiger partial charge < -0.3 is 16.0 Å². The maximum Gasteiger partial charge on any atom is 0.416 e. The monoisotopic (exact) mass is 404 g/mol. The van der Waals surface area contributed by atoms with E-state index in [9.17, 15) is 13.2 Å². The molecule has 29 heavy (non-hydrogen) atoms. The zero-order valence-electron chi connectivity index (χ0n) is 16.4. The zero-order valence-corrected chi connectivity index (χ0v) is 16.4. The van der Waals surface area contributed by atoms with Gasteiger partial charge in [0.15, 0.2) is 0 Å². The fraction of sp³-hybridized carbons (Fsp3) is 0.500. The average molecular weight is 404 g/mol. The molecule has 3 heterocycles. The van der Waals surface area contributed by atoms with Gasteiger partial charge in [-0.3, -0.25) is 0 Å². The number of hydrogen-bond donors (Lipinski definition) is 2. The van der Waals surface area contributed by atoms with Gasteiger partial charge >= 0.3 is 6.18 Å². The number of nitrogens with two attached hydrogens (primary N) is 1. The topological polar surface area (TPSA) is 54.2 Å². The lowest BCUT2D eigenvalue weighted by Gasteiger charge is -2.38. The first-order valence-corrected chi connectivity index (χ1v) is 10.3. The van der Waals surface area contributed by atoms with Crippen LogP contribution in [-0.4, -0.2) is 31.2 Å². The van der Waals surface area contributed by atoms with Crippen molar-refractivity contribution in [2.75, 3.05) is 36.4 Å². The second-order valence-electron chi connectivity index (χ2n) is 7.97. The lowest BCUT2D eigenvalue weighted by Crippen LogP contribution is -2.38. The van der Waals surface area contributed by atoms with E-state index in [2.05, 4.69) is 21.3 Å². The molecular weight excluding hydrogens is 377 g/mol. The fourth-order valence-corrected chi connectivity index (χ4v) is 4.71. The Labute approximate surface area is 169 Å². The summed E-state index contributed by atoms with van der Waals surface area (Å²) in [5, 5.41) is 3.38. The van der Waals surface area contributed by atoms with Gasteiger partial charge in [0.25, 0.3) is 0 Å². The van der Waals surface area contributed by atoms with Crippen LogP contribution in [0.2, 0.25) is 0 Å². The molecule has 1 saturated heterocycles. The number of nitrogens with one attached hydrogen (secondary N) is 1. The molecule has 1 unspecified atom stereocenters. The number of piperidine rings is 1. The molecule has 3 N–H and O–H groups in total. The molecule has 0 aliphatic carbocycles. The second kappa shape index (κ2) is 8.22. The lowest BCUT2D eigenvalue weighted by atomic mass is 9.79. The number of alkyl halides is 3. The van der Waals surface area contributed by atoms with E-state index in [1.54, 1.807) is 12.1 Å². The van der Waals surface area contributed by atoms with E-state index in [1.165, 1.54) is 23.4 Å². The summed E-state index contributed by atoms with van der Waals surface area (Å²) in [6.45, 7) is 3.28. The number of anilines is 2. The summed E-state index contributed by atoms with van der Waals surface area (Å²) in [6, 6.07) is 7.63. The van der Waals surface area contributed by atoms with Crippen LogP contribution >= 0.6 is 0 Å². The van der Waals surface area contributed by atoms with E-state index >= 15 is 0 Å². The van der Waals surface area contributed by atoms with Crippen molar-refractivity contribution in [1.82, 2.24) is 4.98 Å². The van der Waals surface area contributed by atoms with Gasteiger partial charge in [0, 0.05) is 37.1 Å². The van der Waals surface area contributed by atoms with Crippen LogP contribution in [-0.2, 0) is 12.6 Å². The molecule has 0 radical (unpaired) electrons. The Bertz CT molecular complexity index is 827. The van der Waals surface area contributed by atoms with Crippen molar-refractivity contribution in [2.24, 2.45) is 11.7 Å². The van der Waals surface area contributed by atoms with Crippen LogP contribution in [0.1, 0.15) is 41.9 Å². The minimum atomic E-state index is -4.30. The maximum atomic E-state index is 12.8. The molecular formula is C22H27F3N4. The third kappa shape index (κ3) is 4.20. The normalized spacial score (nSPS) is 18.8. The van der Waals surface area contributed by atoms with Crippen LogP contribution in [0.15, 0.2) is 36.5 Å². The van der Waals surface area contributed by atoms with E-state index in [0.29, 0.717) is 12.5 Å². The smallest absolute Gasteiger partial charge is 0.371 e. The molecule has 4 nitrogen and oxygen atoms in total. The van der Waals surface area contributed by atoms with Gasteiger partial charge in [-0.05, 0) is 67.8 Å². The molecule has 1 atom stereocenters. The van der Waals surface area contributed by atoms with Gasteiger partial charge in [0.2, 0.25) is 0 Å². The first kappa shape index (κ1) is 20.0. The quantitative estimate of drug-likeness (QED) is 0.792. The summed E-state index contributed by atoms with van der Waals surface area (Å²) in [7, 11) is 0. The molecule has 1 aromatic heterocycles. The van der Waals surface area contributed by atoms with Crippen LogP contribution in [0.25, 0.3) is 0 Å². The fourth-order valence-electron chi connectivity index (χ4n) is 4.71. The van der Waals surface area contributed by atoms with Crippen molar-refractivity contribution in [2.45, 2.75) is 37.8 Å². The van der Waals surface area contributed by atoms with Crippen molar-refractivity contribution < 1.29 is 13.2 Å². The van der Waals surface area contributed by atoms with Crippen LogP contribution in [0.5, 0.6) is 0 Å². The van der Waals surface area contributed by atoms with E-state index < -0.39 is 11.7 Å². The first-order chi connectivity index (χ1) is 14.0. The minimum absolute atomic E-state index is 0.0902. The number of pyridine rings is 1. The highest BCUT2D eigenvalue weighted by Gasteiger charge is 2.32. The molecule has 0 bridgehead atoms. The molecule has 2 aliphatic rings. The Morgan fingerprint density at radius 1 is 1.14 bits per heavy atom. The summed E-state index contributed by atoms with van der Waals surface area (Å²) in [6.07, 6.45) is 1.68. The molecule has 1 fully saturated rings. The number of fused-ring (bicyclic) bond motifs is 1. The van der Waals surface area contributed by atoms with Gasteiger partial charge in [-0.15, -0.1) is 0 Å². The Balaban J connectivity index is 1.45. The Morgan fingerprint density at radius 2 is 1.86 bits per heavy atom. The predicted molar refractivity (Wildman–Crippen MR) is 109 cm³/mol. The molecule has 2 aliphatic heterocycles. The standard InChI is InChI=1S/C22H27F3N4/c23-22(24,25)17-5-3-15(4-6-17)19(14-26)16-8-12-29(13-9-16)20-7-11-28-21-18(20)2-1-10-27-21/h3-7,11,16,19H,1-2,8-10,12-14,26H2,(H,27,28). The van der Waals surface area contributed by atoms with Gasteiger partial charge in [0.1, 0.15) is 5.82 Å². The summed E-state index contributed by atoms with van der Waals surface area (Å²) in [5.41, 5.74) is 8.91. The van der Waals surface area contributed by atoms with Crippen LogP contribution in [0.3, 0.4) is 0 Å². The van der Waals surface area contributed by atoms with Gasteiger partial charge in [-0.25, -0.2) is 4.98 Å². The Hall–Kier alpha value is -2.28. The molecule has 156 valence electrons. The van der Waals surface area contributed by atoms with E-state index in [-0.39, 0.29) is 5.92 Å². The zero-order chi connectivity index (χ0) is 20.4. The predicted octanol–water partition coefficient (Wildman–Crippen LogP) is 4.42. The van der Waals surface area contributed by atoms with Crippen molar-refractivity contribution in [3.05, 3.63) is 53.2 Å². The molecule has 2 aromatic rings. The van der Waals surface area contributed by atoms with E-state index in [1.807, 2.05) is 6.20 Å². The van der Waals surface area contributed by atoms with E-state index in [4.69, 9.17) is 5.73 Å². The first-order valence-electron chi connectivity index (χ1n) is 10.3. The van der Waals surface area contributed by atoms with Crippen LogP contribution < -0.4 is 16.0 Å². The SMILES string of the molecule is NCC(c1ccc(C(F)(F)F)cc1)C1CCN(c2ccnc3c2CCCN3)CC1. The number of aromatic nitrogens is 1. The number of halogens is 3. The largest absolute Gasteiger partial charge is 0.416 e. The second-order valence-corrected chi connectivity index (χ2v) is 7.97. The Kier molecular flexibility index (Phi) is 5.67. The molecule has 1 aromatic carbocycles. The number of nitrogens with zero attached hydrogens (tertiary/aromatic N) is 2. The van der Waals surface area contributed by atoms with Crippen molar-refractivity contribution >= 4 is 11.5 Å². The highest BCUT2D eigenvalue weighted by molar-refractivity contribution is 5.64. The number of hydrogen-bond acceptors (Lipinski definition) is 4. The van der Waals surface area contributed by atoms with Crippen molar-refractivity contribution in [3.63, 3.8) is 0 Å². The van der Waals surface area contributed by atoms with Gasteiger partial charge in [-0.2, -0.15) is 13.2 Å². The highest BCUT2D eigenvalue weighted by atomic mass is 19.4. The maximum absolute atomic E-state index is 12.8. The minimum Gasteiger partial charge on any atom is -0.371 e. The number of benzene rings is 1. The lowest BCUT2D eigenvalue weighted by molar-refractivity contribution is -0.137. The molecule has 7 heteroatoms. The molecule has 0 saturated carbocycles. The van der Waals surface area contributed by atoms with E-state index in [0.717, 1.165) is 56.7 Å². The molecule has 4 rings (SSSR count). The van der Waals surface area contributed by atoms with Crippen LogP contribution in [0.4, 0.5) is 24.7 Å².